The first-order valence-electron chi connectivity index (χ1n) is 7.93. The molecule has 1 rings (SSSR count). The molecule has 1 aromatic rings. The number of benzene rings is 1. The Bertz CT molecular complexity index is 600. The van der Waals surface area contributed by atoms with Crippen molar-refractivity contribution in [1.29, 1.82) is 0 Å². The van der Waals surface area contributed by atoms with Gasteiger partial charge in [0, 0.05) is 5.56 Å². The van der Waals surface area contributed by atoms with Crippen LogP contribution in [-0.4, -0.2) is 35.5 Å². The molecular weight excluding hydrogens is 308 g/mol. The molecule has 6 heteroatoms. The van der Waals surface area contributed by atoms with Gasteiger partial charge in [-0.05, 0) is 29.0 Å². The second-order valence-electron chi connectivity index (χ2n) is 7.13. The summed E-state index contributed by atoms with van der Waals surface area (Å²) < 4.78 is 0. The van der Waals surface area contributed by atoms with Crippen LogP contribution in [-0.2, 0) is 15.0 Å². The molecule has 3 N–H and O–H groups in total. The first kappa shape index (κ1) is 19.7. The SMILES string of the molecule is CC(C)C(NC(=O)c1ccc(C(C)(C)C)cc1)C(=O)NCC(=O)O. The third-order valence-electron chi connectivity index (χ3n) is 3.66. The third-order valence-corrected chi connectivity index (χ3v) is 3.66. The fraction of sp³-hybridized carbons (Fsp3) is 0.500. The third kappa shape index (κ3) is 5.68. The standard InChI is InChI=1S/C18H26N2O4/c1-11(2)15(17(24)19-10-14(21)22)20-16(23)12-6-8-13(9-7-12)18(3,4)5/h6-9,11,15H,10H2,1-5H3,(H,19,24)(H,20,23)(H,21,22). The molecule has 1 aromatic carbocycles. The molecule has 132 valence electrons. The summed E-state index contributed by atoms with van der Waals surface area (Å²) in [6.07, 6.45) is 0. The largest absolute Gasteiger partial charge is 0.480 e. The van der Waals surface area contributed by atoms with Crippen LogP contribution in [0.3, 0.4) is 0 Å². The van der Waals surface area contributed by atoms with Crippen molar-refractivity contribution in [3.63, 3.8) is 0 Å². The van der Waals surface area contributed by atoms with Crippen molar-refractivity contribution in [2.75, 3.05) is 6.54 Å². The Balaban J connectivity index is 2.82. The highest BCUT2D eigenvalue weighted by atomic mass is 16.4. The van der Waals surface area contributed by atoms with E-state index in [1.54, 1.807) is 26.0 Å². The number of aliphatic carboxylic acids is 1. The fourth-order valence-electron chi connectivity index (χ4n) is 2.15. The van der Waals surface area contributed by atoms with Crippen LogP contribution in [0.2, 0.25) is 0 Å². The number of rotatable bonds is 6. The summed E-state index contributed by atoms with van der Waals surface area (Å²) in [5.74, 6) is -2.17. The fourth-order valence-corrected chi connectivity index (χ4v) is 2.15. The van der Waals surface area contributed by atoms with Gasteiger partial charge in [0.15, 0.2) is 0 Å². The molecule has 0 aromatic heterocycles. The molecule has 0 bridgehead atoms. The van der Waals surface area contributed by atoms with Crippen LogP contribution >= 0.6 is 0 Å². The van der Waals surface area contributed by atoms with E-state index >= 15 is 0 Å². The Morgan fingerprint density at radius 1 is 1.08 bits per heavy atom. The lowest BCUT2D eigenvalue weighted by Gasteiger charge is -2.22. The highest BCUT2D eigenvalue weighted by Crippen LogP contribution is 2.22. The molecule has 0 aliphatic heterocycles. The number of carbonyl (C=O) groups is 3. The lowest BCUT2D eigenvalue weighted by molar-refractivity contribution is -0.138. The summed E-state index contributed by atoms with van der Waals surface area (Å²) in [4.78, 5) is 35.0. The molecular formula is C18H26N2O4. The van der Waals surface area contributed by atoms with Crippen molar-refractivity contribution in [1.82, 2.24) is 10.6 Å². The molecule has 0 aliphatic rings. The van der Waals surface area contributed by atoms with E-state index in [0.29, 0.717) is 5.56 Å². The van der Waals surface area contributed by atoms with Gasteiger partial charge in [0.2, 0.25) is 5.91 Å². The summed E-state index contributed by atoms with van der Waals surface area (Å²) in [7, 11) is 0. The molecule has 0 fully saturated rings. The Labute approximate surface area is 142 Å². The highest BCUT2D eigenvalue weighted by Gasteiger charge is 2.25. The van der Waals surface area contributed by atoms with E-state index < -0.39 is 24.5 Å². The summed E-state index contributed by atoms with van der Waals surface area (Å²) in [6.45, 7) is 9.36. The molecule has 0 saturated carbocycles. The molecule has 0 saturated heterocycles. The zero-order valence-corrected chi connectivity index (χ0v) is 14.8. The second-order valence-corrected chi connectivity index (χ2v) is 7.13. The van der Waals surface area contributed by atoms with E-state index in [2.05, 4.69) is 31.4 Å². The van der Waals surface area contributed by atoms with Crippen molar-refractivity contribution >= 4 is 17.8 Å². The van der Waals surface area contributed by atoms with E-state index in [0.717, 1.165) is 5.56 Å². The summed E-state index contributed by atoms with van der Waals surface area (Å²) in [5.41, 5.74) is 1.56. The van der Waals surface area contributed by atoms with E-state index in [-0.39, 0.29) is 17.2 Å². The van der Waals surface area contributed by atoms with E-state index in [9.17, 15) is 14.4 Å². The van der Waals surface area contributed by atoms with Gasteiger partial charge in [0.05, 0.1) is 0 Å². The average molecular weight is 334 g/mol. The predicted octanol–water partition coefficient (Wildman–Crippen LogP) is 1.94. The van der Waals surface area contributed by atoms with Crippen molar-refractivity contribution in [3.8, 4) is 0 Å². The summed E-state index contributed by atoms with van der Waals surface area (Å²) >= 11 is 0. The number of carboxylic acids is 1. The number of nitrogens with one attached hydrogen (secondary N) is 2. The number of hydrogen-bond acceptors (Lipinski definition) is 3. The van der Waals surface area contributed by atoms with Gasteiger partial charge in [-0.15, -0.1) is 0 Å². The molecule has 1 atom stereocenters. The lowest BCUT2D eigenvalue weighted by atomic mass is 9.86. The Kier molecular flexibility index (Phi) is 6.51. The molecule has 0 spiro atoms. The van der Waals surface area contributed by atoms with Crippen LogP contribution in [0.5, 0.6) is 0 Å². The number of amides is 2. The van der Waals surface area contributed by atoms with E-state index in [1.807, 2.05) is 12.1 Å². The van der Waals surface area contributed by atoms with Gasteiger partial charge in [0.1, 0.15) is 12.6 Å². The van der Waals surface area contributed by atoms with Crippen LogP contribution in [0.15, 0.2) is 24.3 Å². The van der Waals surface area contributed by atoms with Gasteiger partial charge >= 0.3 is 5.97 Å². The molecule has 1 unspecified atom stereocenters. The molecule has 0 aliphatic carbocycles. The maximum atomic E-state index is 12.4. The maximum Gasteiger partial charge on any atom is 0.322 e. The van der Waals surface area contributed by atoms with Crippen molar-refractivity contribution in [2.24, 2.45) is 5.92 Å². The number of carbonyl (C=O) groups excluding carboxylic acids is 2. The highest BCUT2D eigenvalue weighted by molar-refractivity contribution is 5.98. The van der Waals surface area contributed by atoms with Gasteiger partial charge in [-0.2, -0.15) is 0 Å². The van der Waals surface area contributed by atoms with Crippen LogP contribution in [0.25, 0.3) is 0 Å². The van der Waals surface area contributed by atoms with Crippen molar-refractivity contribution in [3.05, 3.63) is 35.4 Å². The van der Waals surface area contributed by atoms with Crippen LogP contribution in [0.4, 0.5) is 0 Å². The maximum absolute atomic E-state index is 12.4. The van der Waals surface area contributed by atoms with E-state index in [4.69, 9.17) is 5.11 Å². The number of hydrogen-bond donors (Lipinski definition) is 3. The predicted molar refractivity (Wildman–Crippen MR) is 91.9 cm³/mol. The monoisotopic (exact) mass is 334 g/mol. The Morgan fingerprint density at radius 2 is 1.62 bits per heavy atom. The van der Waals surface area contributed by atoms with Crippen molar-refractivity contribution in [2.45, 2.75) is 46.1 Å². The molecule has 6 nitrogen and oxygen atoms in total. The topological polar surface area (TPSA) is 95.5 Å². The second kappa shape index (κ2) is 7.95. The minimum atomic E-state index is -1.13. The molecule has 2 amide bonds. The summed E-state index contributed by atoms with van der Waals surface area (Å²) in [6, 6.07) is 6.44. The van der Waals surface area contributed by atoms with Gasteiger partial charge < -0.3 is 15.7 Å². The molecule has 24 heavy (non-hydrogen) atoms. The quantitative estimate of drug-likeness (QED) is 0.741. The molecule has 0 heterocycles. The minimum Gasteiger partial charge on any atom is -0.480 e. The van der Waals surface area contributed by atoms with Crippen molar-refractivity contribution < 1.29 is 19.5 Å². The Morgan fingerprint density at radius 3 is 2.04 bits per heavy atom. The smallest absolute Gasteiger partial charge is 0.322 e. The summed E-state index contributed by atoms with van der Waals surface area (Å²) in [5, 5.41) is 13.6. The van der Waals surface area contributed by atoms with E-state index in [1.165, 1.54) is 0 Å². The normalized spacial score (nSPS) is 12.6. The first-order chi connectivity index (χ1) is 11.0. The van der Waals surface area contributed by atoms with Gasteiger partial charge in [-0.25, -0.2) is 0 Å². The lowest BCUT2D eigenvalue weighted by Crippen LogP contribution is -2.50. The van der Waals surface area contributed by atoms with Gasteiger partial charge in [-0.3, -0.25) is 14.4 Å². The average Bonchev–Trinajstić information content (AvgIpc) is 2.48. The zero-order chi connectivity index (χ0) is 18.5. The zero-order valence-electron chi connectivity index (χ0n) is 14.8. The van der Waals surface area contributed by atoms with Gasteiger partial charge in [-0.1, -0.05) is 46.8 Å². The van der Waals surface area contributed by atoms with Gasteiger partial charge in [0.25, 0.3) is 5.91 Å². The Hall–Kier alpha value is -2.37. The molecule has 0 radical (unpaired) electrons. The van der Waals surface area contributed by atoms with Crippen LogP contribution < -0.4 is 10.6 Å². The number of carboxylic acid groups (broad SMARTS) is 1. The van der Waals surface area contributed by atoms with Crippen LogP contribution in [0, 0.1) is 5.92 Å². The first-order valence-corrected chi connectivity index (χ1v) is 7.93. The van der Waals surface area contributed by atoms with Crippen LogP contribution in [0.1, 0.15) is 50.5 Å². The minimum absolute atomic E-state index is 0.00775.